The van der Waals surface area contributed by atoms with E-state index in [1.807, 2.05) is 0 Å². The Morgan fingerprint density at radius 3 is 2.37 bits per heavy atom. The summed E-state index contributed by atoms with van der Waals surface area (Å²) in [5, 5.41) is 13.1. The van der Waals surface area contributed by atoms with Gasteiger partial charge in [0, 0.05) is 17.5 Å². The van der Waals surface area contributed by atoms with Crippen molar-refractivity contribution in [2.24, 2.45) is 0 Å². The van der Waals surface area contributed by atoms with Crippen molar-refractivity contribution < 1.29 is 14.7 Å². The van der Waals surface area contributed by atoms with Gasteiger partial charge in [0.1, 0.15) is 0 Å². The molecule has 0 fully saturated rings. The zero-order valence-corrected chi connectivity index (χ0v) is 10.2. The molecule has 19 heavy (non-hydrogen) atoms. The fraction of sp³-hybridized carbons (Fsp3) is 0.0667. The van der Waals surface area contributed by atoms with E-state index in [1.54, 1.807) is 36.4 Å². The summed E-state index contributed by atoms with van der Waals surface area (Å²) in [6.45, 7) is 3.86. The Bertz CT molecular complexity index is 656. The highest BCUT2D eigenvalue weighted by Crippen LogP contribution is 2.23. The summed E-state index contributed by atoms with van der Waals surface area (Å²) in [5.74, 6) is -1.35. The van der Waals surface area contributed by atoms with E-state index in [2.05, 4.69) is 11.9 Å². The number of aromatic carboxylic acids is 1. The van der Waals surface area contributed by atoms with Gasteiger partial charge in [0.2, 0.25) is 0 Å². The van der Waals surface area contributed by atoms with Crippen molar-refractivity contribution in [1.29, 1.82) is 0 Å². The molecule has 2 rings (SSSR count). The van der Waals surface area contributed by atoms with Gasteiger partial charge in [-0.2, -0.15) is 0 Å². The Morgan fingerprint density at radius 2 is 1.79 bits per heavy atom. The van der Waals surface area contributed by atoms with E-state index in [4.69, 9.17) is 0 Å². The van der Waals surface area contributed by atoms with Gasteiger partial charge in [0.15, 0.2) is 0 Å². The van der Waals surface area contributed by atoms with Crippen molar-refractivity contribution in [2.45, 2.75) is 0 Å². The molecule has 0 saturated heterocycles. The summed E-state index contributed by atoms with van der Waals surface area (Å²) in [7, 11) is 0. The number of hydrogen-bond donors (Lipinski definition) is 2. The van der Waals surface area contributed by atoms with Gasteiger partial charge in [0.05, 0.1) is 5.56 Å². The van der Waals surface area contributed by atoms with Crippen LogP contribution in [0.15, 0.2) is 49.1 Å². The number of carboxylic acids is 1. The molecule has 0 atom stereocenters. The summed E-state index contributed by atoms with van der Waals surface area (Å²) >= 11 is 0. The number of benzene rings is 2. The van der Waals surface area contributed by atoms with Crippen LogP contribution in [0.4, 0.5) is 0 Å². The van der Waals surface area contributed by atoms with Crippen LogP contribution in [0.1, 0.15) is 20.7 Å². The first-order valence-corrected chi connectivity index (χ1v) is 5.79. The lowest BCUT2D eigenvalue weighted by atomic mass is 9.98. The number of nitrogens with one attached hydrogen (secondary N) is 1. The maximum absolute atomic E-state index is 12.0. The molecule has 0 bridgehead atoms. The maximum Gasteiger partial charge on any atom is 0.336 e. The van der Waals surface area contributed by atoms with Gasteiger partial charge in [-0.15, -0.1) is 6.58 Å². The summed E-state index contributed by atoms with van der Waals surface area (Å²) in [6, 6.07) is 10.1. The third-order valence-electron chi connectivity index (χ3n) is 2.79. The topological polar surface area (TPSA) is 66.4 Å². The van der Waals surface area contributed by atoms with Crippen molar-refractivity contribution >= 4 is 22.6 Å². The molecule has 0 saturated carbocycles. The average Bonchev–Trinajstić information content (AvgIpc) is 2.43. The zero-order chi connectivity index (χ0) is 13.8. The summed E-state index contributed by atoms with van der Waals surface area (Å²) in [4.78, 5) is 23.3. The van der Waals surface area contributed by atoms with Gasteiger partial charge in [-0.1, -0.05) is 30.3 Å². The number of carbonyl (C=O) groups excluding carboxylic acids is 1. The van der Waals surface area contributed by atoms with Crippen molar-refractivity contribution in [3.05, 3.63) is 60.2 Å². The predicted molar refractivity (Wildman–Crippen MR) is 73.4 cm³/mol. The molecule has 0 aliphatic carbocycles. The number of carboxylic acid groups (broad SMARTS) is 1. The Balaban J connectivity index is 2.63. The number of hydrogen-bond acceptors (Lipinski definition) is 2. The molecule has 96 valence electrons. The molecular weight excluding hydrogens is 242 g/mol. The van der Waals surface area contributed by atoms with Crippen LogP contribution in [0, 0.1) is 0 Å². The zero-order valence-electron chi connectivity index (χ0n) is 10.2. The highest BCUT2D eigenvalue weighted by Gasteiger charge is 2.15. The van der Waals surface area contributed by atoms with Crippen LogP contribution in [0.5, 0.6) is 0 Å². The van der Waals surface area contributed by atoms with Gasteiger partial charge in [-0.05, 0) is 17.5 Å². The van der Waals surface area contributed by atoms with Crippen molar-refractivity contribution in [2.75, 3.05) is 6.54 Å². The van der Waals surface area contributed by atoms with Gasteiger partial charge < -0.3 is 10.4 Å². The van der Waals surface area contributed by atoms with E-state index < -0.39 is 5.97 Å². The lowest BCUT2D eigenvalue weighted by molar-refractivity contribution is 0.0699. The fourth-order valence-corrected chi connectivity index (χ4v) is 1.97. The predicted octanol–water partition coefficient (Wildman–Crippen LogP) is 2.45. The Labute approximate surface area is 110 Å². The van der Waals surface area contributed by atoms with Crippen molar-refractivity contribution in [3.63, 3.8) is 0 Å². The van der Waals surface area contributed by atoms with E-state index in [1.165, 1.54) is 6.07 Å². The first-order chi connectivity index (χ1) is 9.15. The molecule has 1 amide bonds. The van der Waals surface area contributed by atoms with E-state index in [-0.39, 0.29) is 11.5 Å². The summed E-state index contributed by atoms with van der Waals surface area (Å²) < 4.78 is 0. The number of carbonyl (C=O) groups is 2. The highest BCUT2D eigenvalue weighted by molar-refractivity contribution is 6.14. The number of rotatable bonds is 4. The third-order valence-corrected chi connectivity index (χ3v) is 2.79. The summed E-state index contributed by atoms with van der Waals surface area (Å²) in [6.07, 6.45) is 1.57. The lowest BCUT2D eigenvalue weighted by Gasteiger charge is -2.09. The van der Waals surface area contributed by atoms with Crippen LogP contribution < -0.4 is 5.32 Å². The Morgan fingerprint density at radius 1 is 1.16 bits per heavy atom. The van der Waals surface area contributed by atoms with Crippen LogP contribution >= 0.6 is 0 Å². The SMILES string of the molecule is C=CCNC(=O)c1cccc2cccc(C(=O)O)c12. The Kier molecular flexibility index (Phi) is 3.61. The first-order valence-electron chi connectivity index (χ1n) is 5.79. The molecule has 2 N–H and O–H groups in total. The molecule has 0 aliphatic heterocycles. The standard InChI is InChI=1S/C15H13NO3/c1-2-9-16-14(17)11-7-3-5-10-6-4-8-12(13(10)11)15(18)19/h2-8H,1,9H2,(H,16,17)(H,18,19). The summed E-state index contributed by atoms with van der Waals surface area (Å²) in [5.41, 5.74) is 0.485. The monoisotopic (exact) mass is 255 g/mol. The second-order valence-electron chi connectivity index (χ2n) is 4.01. The molecule has 2 aromatic rings. The molecule has 0 aromatic heterocycles. The van der Waals surface area contributed by atoms with Crippen molar-refractivity contribution in [3.8, 4) is 0 Å². The van der Waals surface area contributed by atoms with Crippen LogP contribution in [0.3, 0.4) is 0 Å². The molecule has 0 unspecified atom stereocenters. The average molecular weight is 255 g/mol. The van der Waals surface area contributed by atoms with Gasteiger partial charge in [0.25, 0.3) is 5.91 Å². The largest absolute Gasteiger partial charge is 0.478 e. The molecule has 4 nitrogen and oxygen atoms in total. The molecule has 2 aromatic carbocycles. The number of amides is 1. The van der Waals surface area contributed by atoms with Crippen LogP contribution in [0.25, 0.3) is 10.8 Å². The van der Waals surface area contributed by atoms with E-state index >= 15 is 0 Å². The highest BCUT2D eigenvalue weighted by atomic mass is 16.4. The van der Waals surface area contributed by atoms with Crippen LogP contribution in [-0.4, -0.2) is 23.5 Å². The molecule has 0 heterocycles. The molecular formula is C15H13NO3. The maximum atomic E-state index is 12.0. The second kappa shape index (κ2) is 5.35. The van der Waals surface area contributed by atoms with E-state index in [9.17, 15) is 14.7 Å². The van der Waals surface area contributed by atoms with E-state index in [0.717, 1.165) is 5.39 Å². The second-order valence-corrected chi connectivity index (χ2v) is 4.01. The Hall–Kier alpha value is -2.62. The minimum absolute atomic E-state index is 0.127. The molecule has 4 heteroatoms. The lowest BCUT2D eigenvalue weighted by Crippen LogP contribution is -2.23. The minimum atomic E-state index is -1.05. The van der Waals surface area contributed by atoms with Crippen LogP contribution in [-0.2, 0) is 0 Å². The quantitative estimate of drug-likeness (QED) is 0.825. The minimum Gasteiger partial charge on any atom is -0.478 e. The van der Waals surface area contributed by atoms with Crippen LogP contribution in [0.2, 0.25) is 0 Å². The molecule has 0 radical (unpaired) electrons. The van der Waals surface area contributed by atoms with Gasteiger partial charge in [-0.3, -0.25) is 4.79 Å². The smallest absolute Gasteiger partial charge is 0.336 e. The molecule has 0 aliphatic rings. The van der Waals surface area contributed by atoms with E-state index in [0.29, 0.717) is 17.5 Å². The molecule has 0 spiro atoms. The van der Waals surface area contributed by atoms with Gasteiger partial charge >= 0.3 is 5.97 Å². The fourth-order valence-electron chi connectivity index (χ4n) is 1.97. The third kappa shape index (κ3) is 2.47. The number of fused-ring (bicyclic) bond motifs is 1. The van der Waals surface area contributed by atoms with Gasteiger partial charge in [-0.25, -0.2) is 4.79 Å². The first kappa shape index (κ1) is 12.8. The van der Waals surface area contributed by atoms with Crippen molar-refractivity contribution in [1.82, 2.24) is 5.32 Å². The normalized spacial score (nSPS) is 10.1.